The second-order valence-electron chi connectivity index (χ2n) is 4.23. The smallest absolute Gasteiger partial charge is 0.127 e. The van der Waals surface area contributed by atoms with Crippen molar-refractivity contribution in [3.63, 3.8) is 0 Å². The first-order valence-corrected chi connectivity index (χ1v) is 6.18. The summed E-state index contributed by atoms with van der Waals surface area (Å²) in [6.45, 7) is 2.07. The van der Waals surface area contributed by atoms with Gasteiger partial charge in [0.2, 0.25) is 0 Å². The van der Waals surface area contributed by atoms with E-state index in [1.54, 1.807) is 0 Å². The molecule has 1 aliphatic carbocycles. The highest BCUT2D eigenvalue weighted by molar-refractivity contribution is 9.10. The minimum atomic E-state index is 0.726. The molecule has 1 aliphatic rings. The second kappa shape index (κ2) is 4.05. The van der Waals surface area contributed by atoms with Crippen molar-refractivity contribution in [3.8, 4) is 0 Å². The maximum absolute atomic E-state index is 4.47. The van der Waals surface area contributed by atoms with Crippen molar-refractivity contribution in [2.24, 2.45) is 7.05 Å². The van der Waals surface area contributed by atoms with Crippen molar-refractivity contribution >= 4 is 15.9 Å². The van der Waals surface area contributed by atoms with Crippen molar-refractivity contribution in [2.45, 2.75) is 44.9 Å². The monoisotopic (exact) mass is 256 g/mol. The fourth-order valence-corrected chi connectivity index (χ4v) is 3.25. The lowest BCUT2D eigenvalue weighted by atomic mass is 9.87. The summed E-state index contributed by atoms with van der Waals surface area (Å²) in [5, 5.41) is 0. The highest BCUT2D eigenvalue weighted by atomic mass is 79.9. The maximum Gasteiger partial charge on any atom is 0.127 e. The standard InChI is InChI=1S/C11H17BrN2/c1-8-13-11(12)10(14(8)2)9-6-4-3-5-7-9/h9H,3-7H2,1-2H3. The van der Waals surface area contributed by atoms with Gasteiger partial charge in [-0.1, -0.05) is 19.3 Å². The predicted octanol–water partition coefficient (Wildman–Crippen LogP) is 3.54. The molecule has 1 aromatic heterocycles. The van der Waals surface area contributed by atoms with Crippen LogP contribution in [0.1, 0.15) is 49.5 Å². The third-order valence-electron chi connectivity index (χ3n) is 3.31. The fraction of sp³-hybridized carbons (Fsp3) is 0.727. The molecule has 0 aliphatic heterocycles. The van der Waals surface area contributed by atoms with Crippen molar-refractivity contribution in [1.82, 2.24) is 9.55 Å². The van der Waals surface area contributed by atoms with Crippen LogP contribution in [-0.2, 0) is 7.05 Å². The van der Waals surface area contributed by atoms with Gasteiger partial charge in [-0.3, -0.25) is 0 Å². The van der Waals surface area contributed by atoms with Crippen LogP contribution in [0.4, 0.5) is 0 Å². The number of aromatic nitrogens is 2. The Morgan fingerprint density at radius 1 is 1.29 bits per heavy atom. The molecule has 14 heavy (non-hydrogen) atoms. The van der Waals surface area contributed by atoms with Crippen LogP contribution in [-0.4, -0.2) is 9.55 Å². The molecule has 1 saturated carbocycles. The largest absolute Gasteiger partial charge is 0.334 e. The molecule has 2 nitrogen and oxygen atoms in total. The summed E-state index contributed by atoms with van der Waals surface area (Å²) in [7, 11) is 2.12. The van der Waals surface area contributed by atoms with E-state index in [0.717, 1.165) is 16.3 Å². The van der Waals surface area contributed by atoms with Gasteiger partial charge in [0, 0.05) is 13.0 Å². The average Bonchev–Trinajstić information content (AvgIpc) is 2.43. The molecule has 2 rings (SSSR count). The number of halogens is 1. The van der Waals surface area contributed by atoms with Gasteiger partial charge in [0.25, 0.3) is 0 Å². The van der Waals surface area contributed by atoms with E-state index in [4.69, 9.17) is 0 Å². The SMILES string of the molecule is Cc1nc(Br)c(C2CCCCC2)n1C. The summed E-state index contributed by atoms with van der Waals surface area (Å²) >= 11 is 3.57. The number of hydrogen-bond donors (Lipinski definition) is 0. The van der Waals surface area contributed by atoms with Crippen LogP contribution in [0.3, 0.4) is 0 Å². The van der Waals surface area contributed by atoms with E-state index in [1.165, 1.54) is 37.8 Å². The number of rotatable bonds is 1. The lowest BCUT2D eigenvalue weighted by Gasteiger charge is -2.22. The molecule has 1 heterocycles. The van der Waals surface area contributed by atoms with Crippen LogP contribution in [0.15, 0.2) is 4.60 Å². The van der Waals surface area contributed by atoms with Gasteiger partial charge in [0.05, 0.1) is 5.69 Å². The highest BCUT2D eigenvalue weighted by Gasteiger charge is 2.22. The van der Waals surface area contributed by atoms with E-state index in [0.29, 0.717) is 0 Å². The highest BCUT2D eigenvalue weighted by Crippen LogP contribution is 2.36. The van der Waals surface area contributed by atoms with E-state index < -0.39 is 0 Å². The number of nitrogens with zero attached hydrogens (tertiary/aromatic N) is 2. The lowest BCUT2D eigenvalue weighted by molar-refractivity contribution is 0.427. The summed E-state index contributed by atoms with van der Waals surface area (Å²) < 4.78 is 3.30. The van der Waals surface area contributed by atoms with Crippen molar-refractivity contribution < 1.29 is 0 Å². The van der Waals surface area contributed by atoms with Gasteiger partial charge in [0.15, 0.2) is 0 Å². The van der Waals surface area contributed by atoms with Crippen LogP contribution in [0.5, 0.6) is 0 Å². The normalized spacial score (nSPS) is 18.8. The van der Waals surface area contributed by atoms with Crippen LogP contribution in [0.25, 0.3) is 0 Å². The Morgan fingerprint density at radius 3 is 2.43 bits per heavy atom. The minimum absolute atomic E-state index is 0.726. The zero-order chi connectivity index (χ0) is 10.1. The van der Waals surface area contributed by atoms with Crippen LogP contribution >= 0.6 is 15.9 Å². The average molecular weight is 257 g/mol. The lowest BCUT2D eigenvalue weighted by Crippen LogP contribution is -2.09. The predicted molar refractivity (Wildman–Crippen MR) is 61.5 cm³/mol. The molecule has 1 fully saturated rings. The molecule has 1 aromatic rings. The van der Waals surface area contributed by atoms with E-state index in [1.807, 2.05) is 0 Å². The molecule has 0 aromatic carbocycles. The van der Waals surface area contributed by atoms with Crippen LogP contribution in [0.2, 0.25) is 0 Å². The van der Waals surface area contributed by atoms with Crippen molar-refractivity contribution in [2.75, 3.05) is 0 Å². The quantitative estimate of drug-likeness (QED) is 0.752. The molecule has 0 bridgehead atoms. The fourth-order valence-electron chi connectivity index (χ4n) is 2.41. The van der Waals surface area contributed by atoms with Gasteiger partial charge < -0.3 is 4.57 Å². The first kappa shape index (κ1) is 10.2. The Kier molecular flexibility index (Phi) is 2.96. The van der Waals surface area contributed by atoms with Gasteiger partial charge in [-0.15, -0.1) is 0 Å². The van der Waals surface area contributed by atoms with Gasteiger partial charge in [0.1, 0.15) is 10.4 Å². The van der Waals surface area contributed by atoms with E-state index >= 15 is 0 Å². The molecule has 78 valence electrons. The molecule has 0 unspecified atom stereocenters. The van der Waals surface area contributed by atoms with Gasteiger partial charge in [-0.25, -0.2) is 4.98 Å². The Labute approximate surface area is 93.9 Å². The number of imidazole rings is 1. The molecule has 0 saturated heterocycles. The van der Waals surface area contributed by atoms with Crippen molar-refractivity contribution in [1.29, 1.82) is 0 Å². The molecule has 0 atom stereocenters. The molecular formula is C11H17BrN2. The molecule has 0 radical (unpaired) electrons. The van der Waals surface area contributed by atoms with Gasteiger partial charge in [-0.2, -0.15) is 0 Å². The molecular weight excluding hydrogens is 240 g/mol. The molecule has 0 amide bonds. The molecule has 0 N–H and O–H groups in total. The Balaban J connectivity index is 2.29. The summed E-state index contributed by atoms with van der Waals surface area (Å²) in [4.78, 5) is 4.47. The molecule has 0 spiro atoms. The Bertz CT molecular complexity index is 324. The second-order valence-corrected chi connectivity index (χ2v) is 4.98. The summed E-state index contributed by atoms with van der Waals surface area (Å²) in [5.74, 6) is 1.83. The van der Waals surface area contributed by atoms with E-state index in [9.17, 15) is 0 Å². The Morgan fingerprint density at radius 2 is 1.93 bits per heavy atom. The van der Waals surface area contributed by atoms with Crippen molar-refractivity contribution in [3.05, 3.63) is 16.1 Å². The topological polar surface area (TPSA) is 17.8 Å². The summed E-state index contributed by atoms with van der Waals surface area (Å²) in [6, 6.07) is 0. The first-order chi connectivity index (χ1) is 6.70. The van der Waals surface area contributed by atoms with E-state index in [2.05, 4.69) is 39.5 Å². The van der Waals surface area contributed by atoms with Gasteiger partial charge in [-0.05, 0) is 35.7 Å². The van der Waals surface area contributed by atoms with Gasteiger partial charge >= 0.3 is 0 Å². The number of aryl methyl sites for hydroxylation is 1. The van der Waals surface area contributed by atoms with Crippen LogP contribution < -0.4 is 0 Å². The summed E-state index contributed by atoms with van der Waals surface area (Å²) in [5.41, 5.74) is 1.40. The number of hydrogen-bond acceptors (Lipinski definition) is 1. The third-order valence-corrected chi connectivity index (χ3v) is 3.89. The maximum atomic E-state index is 4.47. The third kappa shape index (κ3) is 1.74. The van der Waals surface area contributed by atoms with Crippen LogP contribution in [0, 0.1) is 6.92 Å². The zero-order valence-corrected chi connectivity index (χ0v) is 10.5. The Hall–Kier alpha value is -0.310. The molecule has 3 heteroatoms. The first-order valence-electron chi connectivity index (χ1n) is 5.39. The zero-order valence-electron chi connectivity index (χ0n) is 8.89. The van der Waals surface area contributed by atoms with E-state index in [-0.39, 0.29) is 0 Å². The minimum Gasteiger partial charge on any atom is -0.334 e. The summed E-state index contributed by atoms with van der Waals surface area (Å²) in [6.07, 6.45) is 6.82.